The zero-order chi connectivity index (χ0) is 19.3. The van der Waals surface area contributed by atoms with Gasteiger partial charge in [0, 0.05) is 0 Å². The molecule has 0 saturated carbocycles. The Labute approximate surface area is 154 Å². The van der Waals surface area contributed by atoms with Crippen molar-refractivity contribution in [2.24, 2.45) is 0 Å². The lowest BCUT2D eigenvalue weighted by molar-refractivity contribution is -0.561. The molecule has 138 valence electrons. The molecule has 0 aliphatic carbocycles. The van der Waals surface area contributed by atoms with Gasteiger partial charge in [-0.1, -0.05) is 18.2 Å². The SMILES string of the molecule is COc1ccc([C@@H]2c3c(c4cc(C)cc(C)c4oc3=O)O[C@H]2[N+](=O)[O-])cc1. The van der Waals surface area contributed by atoms with Crippen LogP contribution in [0.15, 0.2) is 45.6 Å². The second kappa shape index (κ2) is 6.12. The lowest BCUT2D eigenvalue weighted by Crippen LogP contribution is -2.29. The number of ether oxygens (including phenoxy) is 2. The van der Waals surface area contributed by atoms with Gasteiger partial charge < -0.3 is 13.9 Å². The van der Waals surface area contributed by atoms with E-state index in [-0.39, 0.29) is 11.3 Å². The van der Waals surface area contributed by atoms with E-state index < -0.39 is 22.7 Å². The van der Waals surface area contributed by atoms with E-state index in [9.17, 15) is 14.9 Å². The van der Waals surface area contributed by atoms with Gasteiger partial charge in [0.2, 0.25) is 0 Å². The van der Waals surface area contributed by atoms with Crippen molar-refractivity contribution in [1.82, 2.24) is 0 Å². The first-order valence-electron chi connectivity index (χ1n) is 8.42. The van der Waals surface area contributed by atoms with Crippen LogP contribution in [0, 0.1) is 24.0 Å². The lowest BCUT2D eigenvalue weighted by Gasteiger charge is -2.12. The molecule has 4 rings (SSSR count). The molecule has 7 heteroatoms. The summed E-state index contributed by atoms with van der Waals surface area (Å²) in [5, 5.41) is 12.3. The molecule has 7 nitrogen and oxygen atoms in total. The number of fused-ring (bicyclic) bond motifs is 3. The monoisotopic (exact) mass is 367 g/mol. The quantitative estimate of drug-likeness (QED) is 0.399. The van der Waals surface area contributed by atoms with Gasteiger partial charge in [-0.25, -0.2) is 4.79 Å². The standard InChI is InChI=1S/C20H17NO6/c1-10-8-11(2)17-14(9-10)18-16(20(22)27-17)15(19(26-18)21(23)24)12-4-6-13(25-3)7-5-12/h4-9,15,19H,1-3H3/t15-,19-/m1/s1. The highest BCUT2D eigenvalue weighted by Crippen LogP contribution is 2.45. The van der Waals surface area contributed by atoms with Crippen LogP contribution in [0.5, 0.6) is 11.5 Å². The third-order valence-corrected chi connectivity index (χ3v) is 4.84. The van der Waals surface area contributed by atoms with E-state index in [1.807, 2.05) is 26.0 Å². The molecule has 0 bridgehead atoms. The van der Waals surface area contributed by atoms with Crippen LogP contribution in [0.2, 0.25) is 0 Å². The van der Waals surface area contributed by atoms with Crippen molar-refractivity contribution in [3.63, 3.8) is 0 Å². The van der Waals surface area contributed by atoms with Crippen LogP contribution in [0.4, 0.5) is 0 Å². The fraction of sp³-hybridized carbons (Fsp3) is 0.250. The summed E-state index contributed by atoms with van der Waals surface area (Å²) in [6.45, 7) is 3.73. The lowest BCUT2D eigenvalue weighted by atomic mass is 9.91. The van der Waals surface area contributed by atoms with E-state index in [1.54, 1.807) is 24.3 Å². The summed E-state index contributed by atoms with van der Waals surface area (Å²) >= 11 is 0. The van der Waals surface area contributed by atoms with Crippen molar-refractivity contribution in [2.45, 2.75) is 26.0 Å². The smallest absolute Gasteiger partial charge is 0.365 e. The van der Waals surface area contributed by atoms with Crippen LogP contribution < -0.4 is 15.1 Å². The third kappa shape index (κ3) is 2.63. The number of methoxy groups -OCH3 is 1. The molecule has 3 aromatic rings. The molecule has 0 amide bonds. The van der Waals surface area contributed by atoms with Gasteiger partial charge in [-0.05, 0) is 48.7 Å². The van der Waals surface area contributed by atoms with Crippen molar-refractivity contribution < 1.29 is 18.8 Å². The van der Waals surface area contributed by atoms with E-state index in [1.165, 1.54) is 7.11 Å². The largest absolute Gasteiger partial charge is 0.497 e. The van der Waals surface area contributed by atoms with Crippen molar-refractivity contribution >= 4 is 11.0 Å². The van der Waals surface area contributed by atoms with Gasteiger partial charge in [0.25, 0.3) is 0 Å². The van der Waals surface area contributed by atoms with Gasteiger partial charge >= 0.3 is 11.9 Å². The van der Waals surface area contributed by atoms with Crippen LogP contribution in [0.1, 0.15) is 28.2 Å². The average molecular weight is 367 g/mol. The molecule has 0 unspecified atom stereocenters. The molecule has 2 atom stereocenters. The van der Waals surface area contributed by atoms with Crippen molar-refractivity contribution in [1.29, 1.82) is 0 Å². The molecule has 1 aliphatic heterocycles. The van der Waals surface area contributed by atoms with Gasteiger partial charge in [-0.15, -0.1) is 0 Å². The number of hydrogen-bond acceptors (Lipinski definition) is 6. The zero-order valence-electron chi connectivity index (χ0n) is 15.0. The molecule has 2 heterocycles. The van der Waals surface area contributed by atoms with E-state index >= 15 is 0 Å². The van der Waals surface area contributed by atoms with Crippen LogP contribution in [-0.2, 0) is 0 Å². The van der Waals surface area contributed by atoms with Gasteiger partial charge in [-0.3, -0.25) is 10.1 Å². The number of nitrogens with zero attached hydrogens (tertiary/aromatic N) is 1. The third-order valence-electron chi connectivity index (χ3n) is 4.84. The van der Waals surface area contributed by atoms with Crippen molar-refractivity contribution in [3.05, 3.63) is 79.2 Å². The van der Waals surface area contributed by atoms with Crippen molar-refractivity contribution in [3.8, 4) is 11.5 Å². The highest BCUT2D eigenvalue weighted by molar-refractivity contribution is 5.88. The number of benzene rings is 2. The number of aryl methyl sites for hydroxylation is 2. The summed E-state index contributed by atoms with van der Waals surface area (Å²) in [5.41, 5.74) is 2.27. The molecule has 0 radical (unpaired) electrons. The molecule has 2 aromatic carbocycles. The first-order chi connectivity index (χ1) is 12.9. The maximum absolute atomic E-state index is 12.7. The second-order valence-corrected chi connectivity index (χ2v) is 6.64. The zero-order valence-corrected chi connectivity index (χ0v) is 15.0. The van der Waals surface area contributed by atoms with Gasteiger partial charge in [0.05, 0.1) is 23.0 Å². The first kappa shape index (κ1) is 17.1. The highest BCUT2D eigenvalue weighted by atomic mass is 16.7. The summed E-state index contributed by atoms with van der Waals surface area (Å²) in [7, 11) is 1.54. The highest BCUT2D eigenvalue weighted by Gasteiger charge is 2.47. The average Bonchev–Trinajstić information content (AvgIpc) is 3.05. The van der Waals surface area contributed by atoms with Gasteiger partial charge in [-0.2, -0.15) is 0 Å². The minimum Gasteiger partial charge on any atom is -0.497 e. The van der Waals surface area contributed by atoms with E-state index in [4.69, 9.17) is 13.9 Å². The Morgan fingerprint density at radius 1 is 1.15 bits per heavy atom. The van der Waals surface area contributed by atoms with Gasteiger partial charge in [0.15, 0.2) is 0 Å². The van der Waals surface area contributed by atoms with Crippen LogP contribution in [0.3, 0.4) is 0 Å². The summed E-state index contributed by atoms with van der Waals surface area (Å²) in [5.74, 6) is -0.00900. The van der Waals surface area contributed by atoms with Crippen LogP contribution >= 0.6 is 0 Å². The maximum atomic E-state index is 12.7. The number of hydrogen-bond donors (Lipinski definition) is 0. The number of nitro groups is 1. The minimum absolute atomic E-state index is 0.180. The maximum Gasteiger partial charge on any atom is 0.365 e. The Kier molecular flexibility index (Phi) is 3.87. The summed E-state index contributed by atoms with van der Waals surface area (Å²) in [4.78, 5) is 23.9. The van der Waals surface area contributed by atoms with E-state index in [2.05, 4.69) is 0 Å². The Balaban J connectivity index is 1.99. The molecular weight excluding hydrogens is 350 g/mol. The summed E-state index contributed by atoms with van der Waals surface area (Å²) < 4.78 is 16.4. The van der Waals surface area contributed by atoms with Crippen LogP contribution in [0.25, 0.3) is 11.0 Å². The van der Waals surface area contributed by atoms with Gasteiger partial charge in [0.1, 0.15) is 23.0 Å². The topological polar surface area (TPSA) is 91.8 Å². The number of rotatable bonds is 3. The Hall–Kier alpha value is -3.35. The normalized spacial score (nSPS) is 18.2. The molecule has 0 fully saturated rings. The van der Waals surface area contributed by atoms with Crippen LogP contribution in [-0.4, -0.2) is 18.3 Å². The minimum atomic E-state index is -1.40. The first-order valence-corrected chi connectivity index (χ1v) is 8.42. The van der Waals surface area contributed by atoms with Crippen molar-refractivity contribution in [2.75, 3.05) is 7.11 Å². The van der Waals surface area contributed by atoms with E-state index in [0.717, 1.165) is 11.1 Å². The molecule has 1 aliphatic rings. The fourth-order valence-electron chi connectivity index (χ4n) is 3.68. The Morgan fingerprint density at radius 3 is 2.48 bits per heavy atom. The molecule has 0 N–H and O–H groups in total. The Bertz CT molecular complexity index is 1120. The molecule has 27 heavy (non-hydrogen) atoms. The Morgan fingerprint density at radius 2 is 1.85 bits per heavy atom. The molecular formula is C20H17NO6. The molecule has 1 aromatic heterocycles. The summed E-state index contributed by atoms with van der Waals surface area (Å²) in [6, 6.07) is 10.5. The fourth-order valence-corrected chi connectivity index (χ4v) is 3.68. The molecule has 0 spiro atoms. The predicted octanol–water partition coefficient (Wildman–Crippen LogP) is 3.55. The predicted molar refractivity (Wildman–Crippen MR) is 98.2 cm³/mol. The second-order valence-electron chi connectivity index (χ2n) is 6.64. The summed E-state index contributed by atoms with van der Waals surface area (Å²) in [6.07, 6.45) is -1.40. The van der Waals surface area contributed by atoms with E-state index in [0.29, 0.717) is 22.3 Å². The molecule has 0 saturated heterocycles.